The maximum atomic E-state index is 6.02. The van der Waals surface area contributed by atoms with Crippen molar-refractivity contribution in [2.24, 2.45) is 0 Å². The minimum Gasteiger partial charge on any atom is -0.356 e. The van der Waals surface area contributed by atoms with Crippen LogP contribution in [0, 0.1) is 0 Å². The van der Waals surface area contributed by atoms with E-state index >= 15 is 0 Å². The lowest BCUT2D eigenvalue weighted by Gasteiger charge is -2.38. The van der Waals surface area contributed by atoms with Crippen molar-refractivity contribution in [1.82, 2.24) is 9.97 Å². The Morgan fingerprint density at radius 1 is 1.08 bits per heavy atom. The minimum atomic E-state index is -0.370. The van der Waals surface area contributed by atoms with Crippen LogP contribution in [-0.4, -0.2) is 42.1 Å². The number of hydrogen-bond donors (Lipinski definition) is 1. The molecule has 1 N–H and O–H groups in total. The molecule has 4 rings (SSSR count). The summed E-state index contributed by atoms with van der Waals surface area (Å²) in [5, 5.41) is 3.95. The molecule has 2 aliphatic rings. The van der Waals surface area contributed by atoms with E-state index in [0.29, 0.717) is 18.2 Å². The average Bonchev–Trinajstić information content (AvgIpc) is 3.04. The number of halogens is 1. The number of anilines is 3. The highest BCUT2D eigenvalue weighted by atomic mass is 35.5. The first-order valence-corrected chi connectivity index (χ1v) is 8.48. The number of benzene rings is 1. The van der Waals surface area contributed by atoms with Gasteiger partial charge in [0.25, 0.3) is 0 Å². The molecule has 0 unspecified atom stereocenters. The molecule has 7 heteroatoms. The SMILES string of the molecule is Clc1cccc(Nc2cc(N3CCC4(CC3)OCCO4)ncn2)c1. The number of rotatable bonds is 3. The Morgan fingerprint density at radius 2 is 1.88 bits per heavy atom. The third kappa shape index (κ3) is 3.31. The predicted molar refractivity (Wildman–Crippen MR) is 92.8 cm³/mol. The van der Waals surface area contributed by atoms with E-state index in [1.54, 1.807) is 6.33 Å². The third-order valence-electron chi connectivity index (χ3n) is 4.41. The molecule has 2 aliphatic heterocycles. The van der Waals surface area contributed by atoms with Crippen LogP contribution in [0.2, 0.25) is 5.02 Å². The summed E-state index contributed by atoms with van der Waals surface area (Å²) in [6.45, 7) is 3.10. The van der Waals surface area contributed by atoms with Gasteiger partial charge in [-0.3, -0.25) is 0 Å². The zero-order valence-corrected chi connectivity index (χ0v) is 14.0. The summed E-state index contributed by atoms with van der Waals surface area (Å²) < 4.78 is 11.5. The Balaban J connectivity index is 1.45. The molecule has 2 aromatic rings. The summed E-state index contributed by atoms with van der Waals surface area (Å²) in [7, 11) is 0. The lowest BCUT2D eigenvalue weighted by molar-refractivity contribution is -0.169. The second kappa shape index (κ2) is 6.55. The maximum Gasteiger partial charge on any atom is 0.171 e. The molecule has 6 nitrogen and oxygen atoms in total. The van der Waals surface area contributed by atoms with Crippen LogP contribution in [0.25, 0.3) is 0 Å². The van der Waals surface area contributed by atoms with E-state index in [1.165, 1.54) is 0 Å². The van der Waals surface area contributed by atoms with Crippen molar-refractivity contribution in [3.63, 3.8) is 0 Å². The van der Waals surface area contributed by atoms with E-state index in [0.717, 1.165) is 43.3 Å². The van der Waals surface area contributed by atoms with Gasteiger partial charge in [0.1, 0.15) is 18.0 Å². The van der Waals surface area contributed by atoms with Crippen molar-refractivity contribution in [3.8, 4) is 0 Å². The molecule has 0 amide bonds. The normalized spacial score (nSPS) is 19.6. The number of nitrogens with one attached hydrogen (secondary N) is 1. The van der Waals surface area contributed by atoms with Gasteiger partial charge in [-0.05, 0) is 18.2 Å². The summed E-state index contributed by atoms with van der Waals surface area (Å²) in [5.41, 5.74) is 0.900. The van der Waals surface area contributed by atoms with Crippen molar-refractivity contribution in [2.75, 3.05) is 36.5 Å². The van der Waals surface area contributed by atoms with Gasteiger partial charge >= 0.3 is 0 Å². The quantitative estimate of drug-likeness (QED) is 0.920. The first kappa shape index (κ1) is 15.6. The van der Waals surface area contributed by atoms with Crippen molar-refractivity contribution >= 4 is 28.9 Å². The zero-order chi connectivity index (χ0) is 16.4. The fourth-order valence-corrected chi connectivity index (χ4v) is 3.35. The molecule has 1 spiro atoms. The summed E-state index contributed by atoms with van der Waals surface area (Å²) in [6, 6.07) is 9.51. The van der Waals surface area contributed by atoms with Gasteiger partial charge in [0.05, 0.1) is 13.2 Å². The minimum absolute atomic E-state index is 0.370. The molecule has 24 heavy (non-hydrogen) atoms. The fraction of sp³-hybridized carbons (Fsp3) is 0.412. The van der Waals surface area contributed by atoms with E-state index < -0.39 is 0 Å². The van der Waals surface area contributed by atoms with E-state index in [4.69, 9.17) is 21.1 Å². The van der Waals surface area contributed by atoms with Crippen molar-refractivity contribution in [2.45, 2.75) is 18.6 Å². The van der Waals surface area contributed by atoms with Gasteiger partial charge in [0.2, 0.25) is 0 Å². The van der Waals surface area contributed by atoms with Crippen molar-refractivity contribution in [3.05, 3.63) is 41.7 Å². The monoisotopic (exact) mass is 346 g/mol. The Kier molecular flexibility index (Phi) is 4.26. The molecule has 0 aliphatic carbocycles. The van der Waals surface area contributed by atoms with Gasteiger partial charge in [-0.15, -0.1) is 0 Å². The first-order chi connectivity index (χ1) is 11.7. The summed E-state index contributed by atoms with van der Waals surface area (Å²) in [6.07, 6.45) is 3.29. The Labute approximate surface area is 145 Å². The lowest BCUT2D eigenvalue weighted by atomic mass is 10.0. The molecule has 0 saturated carbocycles. The third-order valence-corrected chi connectivity index (χ3v) is 4.65. The standard InChI is InChI=1S/C17H19ClN4O2/c18-13-2-1-3-14(10-13)21-15-11-16(20-12-19-15)22-6-4-17(5-7-22)23-8-9-24-17/h1-3,10-12H,4-9H2,(H,19,20,21). The summed E-state index contributed by atoms with van der Waals surface area (Å²) in [5.74, 6) is 1.28. The number of hydrogen-bond acceptors (Lipinski definition) is 6. The maximum absolute atomic E-state index is 6.02. The largest absolute Gasteiger partial charge is 0.356 e. The van der Waals surface area contributed by atoms with Crippen LogP contribution >= 0.6 is 11.6 Å². The predicted octanol–water partition coefficient (Wildman–Crippen LogP) is 3.22. The smallest absolute Gasteiger partial charge is 0.171 e. The average molecular weight is 347 g/mol. The van der Waals surface area contributed by atoms with Gasteiger partial charge in [-0.25, -0.2) is 9.97 Å². The molecule has 2 fully saturated rings. The van der Waals surface area contributed by atoms with Crippen LogP contribution in [0.5, 0.6) is 0 Å². The van der Waals surface area contributed by atoms with Gasteiger partial charge in [0.15, 0.2) is 5.79 Å². The molecular weight excluding hydrogens is 328 g/mol. The van der Waals surface area contributed by atoms with E-state index in [-0.39, 0.29) is 5.79 Å². The van der Waals surface area contributed by atoms with Gasteiger partial charge in [-0.2, -0.15) is 0 Å². The molecule has 1 aromatic heterocycles. The zero-order valence-electron chi connectivity index (χ0n) is 13.2. The van der Waals surface area contributed by atoms with Gasteiger partial charge < -0.3 is 19.7 Å². The van der Waals surface area contributed by atoms with Crippen LogP contribution in [0.15, 0.2) is 36.7 Å². The Hall–Kier alpha value is -1.89. The highest BCUT2D eigenvalue weighted by Crippen LogP contribution is 2.33. The highest BCUT2D eigenvalue weighted by molar-refractivity contribution is 6.30. The molecule has 3 heterocycles. The van der Waals surface area contributed by atoms with Gasteiger partial charge in [-0.1, -0.05) is 17.7 Å². The molecule has 2 saturated heterocycles. The number of ether oxygens (including phenoxy) is 2. The topological polar surface area (TPSA) is 59.5 Å². The first-order valence-electron chi connectivity index (χ1n) is 8.10. The number of nitrogens with zero attached hydrogens (tertiary/aromatic N) is 3. The van der Waals surface area contributed by atoms with Crippen molar-refractivity contribution < 1.29 is 9.47 Å². The van der Waals surface area contributed by atoms with Gasteiger partial charge in [0, 0.05) is 42.7 Å². The second-order valence-electron chi connectivity index (χ2n) is 5.99. The fourth-order valence-electron chi connectivity index (χ4n) is 3.16. The number of piperidine rings is 1. The van der Waals surface area contributed by atoms with Crippen LogP contribution in [0.3, 0.4) is 0 Å². The molecule has 126 valence electrons. The van der Waals surface area contributed by atoms with E-state index in [2.05, 4.69) is 20.2 Å². The molecule has 1 aromatic carbocycles. The lowest BCUT2D eigenvalue weighted by Crippen LogP contribution is -2.45. The Morgan fingerprint density at radius 3 is 2.62 bits per heavy atom. The molecule has 0 bridgehead atoms. The second-order valence-corrected chi connectivity index (χ2v) is 6.43. The molecule has 0 atom stereocenters. The Bertz CT molecular complexity index is 711. The summed E-state index contributed by atoms with van der Waals surface area (Å²) >= 11 is 6.02. The van der Waals surface area contributed by atoms with E-state index in [9.17, 15) is 0 Å². The van der Waals surface area contributed by atoms with Crippen LogP contribution in [0.1, 0.15) is 12.8 Å². The molecule has 0 radical (unpaired) electrons. The van der Waals surface area contributed by atoms with E-state index in [1.807, 2.05) is 30.3 Å². The molecular formula is C17H19ClN4O2. The summed E-state index contributed by atoms with van der Waals surface area (Å²) in [4.78, 5) is 10.9. The van der Waals surface area contributed by atoms with Crippen LogP contribution < -0.4 is 10.2 Å². The van der Waals surface area contributed by atoms with Crippen molar-refractivity contribution in [1.29, 1.82) is 0 Å². The van der Waals surface area contributed by atoms with Crippen LogP contribution in [-0.2, 0) is 9.47 Å². The number of aromatic nitrogens is 2. The van der Waals surface area contributed by atoms with Crippen LogP contribution in [0.4, 0.5) is 17.3 Å². The highest BCUT2D eigenvalue weighted by Gasteiger charge is 2.40.